The number of hydrogen-bond acceptors (Lipinski definition) is 6. The van der Waals surface area contributed by atoms with Crippen molar-refractivity contribution in [3.63, 3.8) is 0 Å². The van der Waals surface area contributed by atoms with Crippen LogP contribution in [0.4, 0.5) is 16.3 Å². The number of nitrogens with zero attached hydrogens (tertiary/aromatic N) is 4. The molecule has 1 aromatic rings. The lowest BCUT2D eigenvalue weighted by atomic mass is 10.1. The van der Waals surface area contributed by atoms with Crippen molar-refractivity contribution in [3.05, 3.63) is 11.2 Å². The molecule has 2 saturated heterocycles. The Morgan fingerprint density at radius 3 is 2.48 bits per heavy atom. The van der Waals surface area contributed by atoms with E-state index in [9.17, 15) is 4.79 Å². The molecule has 2 fully saturated rings. The van der Waals surface area contributed by atoms with Gasteiger partial charge in [-0.05, 0) is 33.6 Å². The summed E-state index contributed by atoms with van der Waals surface area (Å²) in [5, 5.41) is 7.94. The van der Waals surface area contributed by atoms with Gasteiger partial charge in [-0.1, -0.05) is 11.6 Å². The predicted molar refractivity (Wildman–Crippen MR) is 88.6 cm³/mol. The van der Waals surface area contributed by atoms with Crippen LogP contribution in [-0.4, -0.2) is 52.0 Å². The first kappa shape index (κ1) is 16.1. The molecule has 0 aromatic carbocycles. The number of rotatable bonds is 1. The summed E-state index contributed by atoms with van der Waals surface area (Å²) < 4.78 is 5.54. The van der Waals surface area contributed by atoms with Crippen molar-refractivity contribution in [1.29, 1.82) is 0 Å². The molecule has 3 rings (SSSR count). The number of anilines is 2. The molecule has 7 nitrogen and oxygen atoms in total. The normalized spacial score (nSPS) is 24.0. The van der Waals surface area contributed by atoms with E-state index in [1.807, 2.05) is 25.7 Å². The molecule has 23 heavy (non-hydrogen) atoms. The van der Waals surface area contributed by atoms with E-state index in [1.165, 1.54) is 0 Å². The van der Waals surface area contributed by atoms with Crippen LogP contribution in [0, 0.1) is 0 Å². The molecule has 0 radical (unpaired) electrons. The van der Waals surface area contributed by atoms with Crippen molar-refractivity contribution in [2.24, 2.45) is 0 Å². The number of nitrogen functional groups attached to an aromatic ring is 1. The number of ether oxygens (including phenoxy) is 1. The quantitative estimate of drug-likeness (QED) is 0.845. The van der Waals surface area contributed by atoms with E-state index >= 15 is 0 Å². The second kappa shape index (κ2) is 5.70. The van der Waals surface area contributed by atoms with E-state index in [0.717, 1.165) is 18.5 Å². The zero-order valence-electron chi connectivity index (χ0n) is 13.6. The average Bonchev–Trinajstić information content (AvgIpc) is 2.71. The maximum atomic E-state index is 12.5. The van der Waals surface area contributed by atoms with Crippen LogP contribution in [0.15, 0.2) is 6.07 Å². The van der Waals surface area contributed by atoms with E-state index in [-0.39, 0.29) is 18.2 Å². The van der Waals surface area contributed by atoms with E-state index in [4.69, 9.17) is 22.1 Å². The lowest BCUT2D eigenvalue weighted by Crippen LogP contribution is -2.57. The fourth-order valence-corrected chi connectivity index (χ4v) is 3.48. The molecule has 0 spiro atoms. The van der Waals surface area contributed by atoms with Crippen LogP contribution in [0.5, 0.6) is 0 Å². The van der Waals surface area contributed by atoms with Crippen LogP contribution in [0.25, 0.3) is 0 Å². The van der Waals surface area contributed by atoms with Crippen molar-refractivity contribution in [1.82, 2.24) is 15.1 Å². The lowest BCUT2D eigenvalue weighted by Gasteiger charge is -2.42. The molecule has 2 bridgehead atoms. The van der Waals surface area contributed by atoms with E-state index < -0.39 is 5.60 Å². The number of carbonyl (C=O) groups excluding carboxylic acids is 1. The first-order chi connectivity index (χ1) is 10.7. The van der Waals surface area contributed by atoms with Crippen LogP contribution in [0.3, 0.4) is 0 Å². The molecule has 0 saturated carbocycles. The number of aromatic nitrogens is 2. The summed E-state index contributed by atoms with van der Waals surface area (Å²) in [5.74, 6) is 0.361. The Balaban J connectivity index is 1.77. The second-order valence-corrected chi connectivity index (χ2v) is 7.50. The van der Waals surface area contributed by atoms with Gasteiger partial charge in [-0.3, -0.25) is 4.90 Å². The molecule has 2 atom stereocenters. The number of halogens is 1. The molecule has 8 heteroatoms. The highest BCUT2D eigenvalue weighted by Crippen LogP contribution is 2.35. The summed E-state index contributed by atoms with van der Waals surface area (Å²) in [5.41, 5.74) is 6.23. The summed E-state index contributed by atoms with van der Waals surface area (Å²) >= 11 is 5.94. The Labute approximate surface area is 140 Å². The van der Waals surface area contributed by atoms with Gasteiger partial charge in [0.05, 0.1) is 17.8 Å². The number of fused-ring (bicyclic) bond motifs is 2. The van der Waals surface area contributed by atoms with Crippen LogP contribution >= 0.6 is 11.6 Å². The van der Waals surface area contributed by atoms with Gasteiger partial charge in [0.1, 0.15) is 5.60 Å². The lowest BCUT2D eigenvalue weighted by molar-refractivity contribution is 0.0123. The summed E-state index contributed by atoms with van der Waals surface area (Å²) in [7, 11) is 0. The number of hydrogen-bond donors (Lipinski definition) is 1. The van der Waals surface area contributed by atoms with Crippen molar-refractivity contribution >= 4 is 29.2 Å². The smallest absolute Gasteiger partial charge is 0.410 e. The van der Waals surface area contributed by atoms with Crippen molar-refractivity contribution in [2.75, 3.05) is 23.7 Å². The maximum Gasteiger partial charge on any atom is 0.410 e. The maximum absolute atomic E-state index is 12.5. The summed E-state index contributed by atoms with van der Waals surface area (Å²) in [4.78, 5) is 16.5. The van der Waals surface area contributed by atoms with Gasteiger partial charge >= 0.3 is 6.09 Å². The van der Waals surface area contributed by atoms with E-state index in [2.05, 4.69) is 15.1 Å². The molecule has 2 unspecified atom stereocenters. The summed E-state index contributed by atoms with van der Waals surface area (Å²) in [6.45, 7) is 7.04. The monoisotopic (exact) mass is 339 g/mol. The molecule has 2 N–H and O–H groups in total. The van der Waals surface area contributed by atoms with Gasteiger partial charge in [0.25, 0.3) is 0 Å². The third kappa shape index (κ3) is 3.29. The van der Waals surface area contributed by atoms with Crippen LogP contribution < -0.4 is 10.6 Å². The van der Waals surface area contributed by atoms with Gasteiger partial charge < -0.3 is 15.4 Å². The second-order valence-electron chi connectivity index (χ2n) is 7.12. The SMILES string of the molecule is CC(C)(C)OC(=O)N1C2CCC1CN(c1cc(Cl)nnc1N)C2. The van der Waals surface area contributed by atoms with E-state index in [1.54, 1.807) is 6.07 Å². The highest BCUT2D eigenvalue weighted by molar-refractivity contribution is 6.29. The third-order valence-corrected chi connectivity index (χ3v) is 4.38. The molecule has 2 aliphatic rings. The zero-order chi connectivity index (χ0) is 16.8. The molecule has 126 valence electrons. The number of piperazine rings is 1. The standard InChI is InChI=1S/C15H22ClN5O2/c1-15(2,3)23-14(22)21-9-4-5-10(21)8-20(7-9)11-6-12(16)18-19-13(11)17/h6,9-10H,4-5,7-8H2,1-3H3,(H2,17,19). The first-order valence-corrected chi connectivity index (χ1v) is 8.17. The van der Waals surface area contributed by atoms with Crippen molar-refractivity contribution in [2.45, 2.75) is 51.3 Å². The molecule has 1 aromatic heterocycles. The Morgan fingerprint density at radius 2 is 1.91 bits per heavy atom. The van der Waals surface area contributed by atoms with Crippen LogP contribution in [0.2, 0.25) is 5.15 Å². The topological polar surface area (TPSA) is 84.6 Å². The summed E-state index contributed by atoms with van der Waals surface area (Å²) in [6, 6.07) is 1.97. The van der Waals surface area contributed by atoms with Crippen LogP contribution in [0.1, 0.15) is 33.6 Å². The van der Waals surface area contributed by atoms with Gasteiger partial charge in [-0.25, -0.2) is 4.79 Å². The minimum absolute atomic E-state index is 0.120. The Bertz CT molecular complexity index is 604. The fourth-order valence-electron chi connectivity index (χ4n) is 3.33. The molecule has 0 aliphatic carbocycles. The van der Waals surface area contributed by atoms with Crippen LogP contribution in [-0.2, 0) is 4.74 Å². The zero-order valence-corrected chi connectivity index (χ0v) is 14.4. The highest BCUT2D eigenvalue weighted by Gasteiger charge is 2.44. The third-order valence-electron chi connectivity index (χ3n) is 4.20. The molecule has 2 aliphatic heterocycles. The number of carbonyl (C=O) groups is 1. The molecular weight excluding hydrogens is 318 g/mol. The Kier molecular flexibility index (Phi) is 4.00. The molecule has 1 amide bonds. The predicted octanol–water partition coefficient (Wildman–Crippen LogP) is 2.30. The van der Waals surface area contributed by atoms with E-state index in [0.29, 0.717) is 24.1 Å². The average molecular weight is 340 g/mol. The fraction of sp³-hybridized carbons (Fsp3) is 0.667. The van der Waals surface area contributed by atoms with Crippen molar-refractivity contribution in [3.8, 4) is 0 Å². The van der Waals surface area contributed by atoms with Gasteiger partial charge in [0.15, 0.2) is 11.0 Å². The first-order valence-electron chi connectivity index (χ1n) is 7.79. The highest BCUT2D eigenvalue weighted by atomic mass is 35.5. The Morgan fingerprint density at radius 1 is 1.30 bits per heavy atom. The van der Waals surface area contributed by atoms with Gasteiger partial charge in [-0.2, -0.15) is 0 Å². The minimum atomic E-state index is -0.485. The molecule has 3 heterocycles. The number of amides is 1. The largest absolute Gasteiger partial charge is 0.444 e. The van der Waals surface area contributed by atoms with Gasteiger partial charge in [0.2, 0.25) is 0 Å². The summed E-state index contributed by atoms with van der Waals surface area (Å²) in [6.07, 6.45) is 1.70. The minimum Gasteiger partial charge on any atom is -0.444 e. The van der Waals surface area contributed by atoms with Gasteiger partial charge in [-0.15, -0.1) is 10.2 Å². The number of nitrogens with two attached hydrogens (primary N) is 1. The molecular formula is C15H22ClN5O2. The Hall–Kier alpha value is -1.76. The van der Waals surface area contributed by atoms with Gasteiger partial charge in [0, 0.05) is 19.2 Å². The van der Waals surface area contributed by atoms with Crippen molar-refractivity contribution < 1.29 is 9.53 Å².